The van der Waals surface area contributed by atoms with E-state index in [1.165, 1.54) is 4.68 Å². The molecule has 0 amide bonds. The van der Waals surface area contributed by atoms with Crippen molar-refractivity contribution < 1.29 is 4.42 Å². The third-order valence-electron chi connectivity index (χ3n) is 3.66. The highest BCUT2D eigenvalue weighted by Crippen LogP contribution is 2.27. The Morgan fingerprint density at radius 2 is 1.75 bits per heavy atom. The second-order valence-corrected chi connectivity index (χ2v) is 5.68. The van der Waals surface area contributed by atoms with Gasteiger partial charge >= 0.3 is 0 Å². The summed E-state index contributed by atoms with van der Waals surface area (Å²) in [4.78, 5) is 12.2. The van der Waals surface area contributed by atoms with Crippen LogP contribution >= 0.6 is 11.6 Å². The molecule has 0 unspecified atom stereocenters. The molecule has 2 aromatic carbocycles. The highest BCUT2D eigenvalue weighted by molar-refractivity contribution is 6.30. The molecule has 0 N–H and O–H groups in total. The Hall–Kier alpha value is -2.99. The number of halogens is 1. The van der Waals surface area contributed by atoms with E-state index in [1.807, 2.05) is 18.2 Å². The van der Waals surface area contributed by atoms with Gasteiger partial charge in [-0.1, -0.05) is 35.9 Å². The van der Waals surface area contributed by atoms with Crippen molar-refractivity contribution in [2.45, 2.75) is 0 Å². The molecule has 118 valence electrons. The molecular formula is C17H11ClN4O2. The molecule has 0 saturated heterocycles. The second-order valence-electron chi connectivity index (χ2n) is 5.25. The predicted molar refractivity (Wildman–Crippen MR) is 90.7 cm³/mol. The minimum atomic E-state index is -0.177. The van der Waals surface area contributed by atoms with Crippen LogP contribution in [0.15, 0.2) is 57.7 Å². The van der Waals surface area contributed by atoms with Gasteiger partial charge in [0.15, 0.2) is 5.69 Å². The number of fused-ring (bicyclic) bond motifs is 1. The van der Waals surface area contributed by atoms with Gasteiger partial charge in [0.2, 0.25) is 5.89 Å². The quantitative estimate of drug-likeness (QED) is 0.560. The molecule has 24 heavy (non-hydrogen) atoms. The van der Waals surface area contributed by atoms with Crippen LogP contribution in [0.3, 0.4) is 0 Å². The van der Waals surface area contributed by atoms with Crippen molar-refractivity contribution in [2.75, 3.05) is 0 Å². The largest absolute Gasteiger partial charge is 0.415 e. The molecule has 0 atom stereocenters. The number of hydrogen-bond donors (Lipinski definition) is 0. The summed E-state index contributed by atoms with van der Waals surface area (Å²) in [7, 11) is 1.59. The number of hydrogen-bond acceptors (Lipinski definition) is 5. The molecule has 4 aromatic rings. The fourth-order valence-electron chi connectivity index (χ4n) is 2.51. The number of aromatic nitrogens is 4. The van der Waals surface area contributed by atoms with Crippen molar-refractivity contribution in [1.29, 1.82) is 0 Å². The lowest BCUT2D eigenvalue weighted by Gasteiger charge is -2.04. The van der Waals surface area contributed by atoms with Crippen molar-refractivity contribution >= 4 is 22.4 Å². The third-order valence-corrected chi connectivity index (χ3v) is 3.89. The minimum absolute atomic E-state index is 0.177. The van der Waals surface area contributed by atoms with E-state index in [9.17, 15) is 4.79 Å². The SMILES string of the molecule is Cn1nc(-c2nnc(-c3cccc(Cl)c3)o2)c2ccccc2c1=O. The van der Waals surface area contributed by atoms with Crippen LogP contribution < -0.4 is 5.56 Å². The number of aryl methyl sites for hydroxylation is 1. The maximum absolute atomic E-state index is 12.2. The Bertz CT molecular complexity index is 1120. The number of rotatable bonds is 2. The van der Waals surface area contributed by atoms with Gasteiger partial charge in [0.25, 0.3) is 11.4 Å². The van der Waals surface area contributed by atoms with Crippen LogP contribution in [0.5, 0.6) is 0 Å². The minimum Gasteiger partial charge on any atom is -0.415 e. The van der Waals surface area contributed by atoms with Crippen molar-refractivity contribution in [2.24, 2.45) is 7.05 Å². The summed E-state index contributed by atoms with van der Waals surface area (Å²) in [6, 6.07) is 14.3. The Morgan fingerprint density at radius 1 is 1.00 bits per heavy atom. The molecule has 0 aliphatic heterocycles. The van der Waals surface area contributed by atoms with Crippen LogP contribution in [0.25, 0.3) is 33.8 Å². The smallest absolute Gasteiger partial charge is 0.274 e. The summed E-state index contributed by atoms with van der Waals surface area (Å²) in [6.07, 6.45) is 0. The monoisotopic (exact) mass is 338 g/mol. The van der Waals surface area contributed by atoms with Crippen molar-refractivity contribution in [3.8, 4) is 23.0 Å². The van der Waals surface area contributed by atoms with E-state index in [-0.39, 0.29) is 11.4 Å². The summed E-state index contributed by atoms with van der Waals surface area (Å²) in [5.74, 6) is 0.587. The first-order valence-electron chi connectivity index (χ1n) is 7.19. The number of benzene rings is 2. The molecule has 0 spiro atoms. The topological polar surface area (TPSA) is 73.8 Å². The van der Waals surface area contributed by atoms with Gasteiger partial charge in [0.05, 0.1) is 5.39 Å². The third kappa shape index (κ3) is 2.37. The zero-order chi connectivity index (χ0) is 16.7. The fourth-order valence-corrected chi connectivity index (χ4v) is 2.71. The highest BCUT2D eigenvalue weighted by Gasteiger charge is 2.17. The zero-order valence-corrected chi connectivity index (χ0v) is 13.4. The Morgan fingerprint density at radius 3 is 2.54 bits per heavy atom. The van der Waals surface area contributed by atoms with E-state index < -0.39 is 0 Å². The van der Waals surface area contributed by atoms with Gasteiger partial charge in [-0.05, 0) is 24.3 Å². The first kappa shape index (κ1) is 14.6. The van der Waals surface area contributed by atoms with E-state index in [2.05, 4.69) is 15.3 Å². The summed E-state index contributed by atoms with van der Waals surface area (Å²) < 4.78 is 7.02. The molecule has 0 bridgehead atoms. The van der Waals surface area contributed by atoms with Crippen LogP contribution in [-0.4, -0.2) is 20.0 Å². The van der Waals surface area contributed by atoms with E-state index in [1.54, 1.807) is 37.4 Å². The Balaban J connectivity index is 1.91. The van der Waals surface area contributed by atoms with Crippen LogP contribution in [0.1, 0.15) is 0 Å². The molecule has 0 radical (unpaired) electrons. The summed E-state index contributed by atoms with van der Waals surface area (Å²) in [6.45, 7) is 0. The lowest BCUT2D eigenvalue weighted by molar-refractivity contribution is 0.577. The Kier molecular flexibility index (Phi) is 3.39. The molecule has 2 heterocycles. The van der Waals surface area contributed by atoms with Crippen LogP contribution in [0.2, 0.25) is 5.02 Å². The van der Waals surface area contributed by atoms with Gasteiger partial charge < -0.3 is 4.42 Å². The van der Waals surface area contributed by atoms with E-state index in [0.29, 0.717) is 27.4 Å². The first-order valence-corrected chi connectivity index (χ1v) is 7.57. The summed E-state index contributed by atoms with van der Waals surface area (Å²) >= 11 is 5.99. The van der Waals surface area contributed by atoms with E-state index in [4.69, 9.17) is 16.0 Å². The number of nitrogens with zero attached hydrogens (tertiary/aromatic N) is 4. The van der Waals surface area contributed by atoms with Crippen LogP contribution in [0.4, 0.5) is 0 Å². The van der Waals surface area contributed by atoms with Gasteiger partial charge in [-0.25, -0.2) is 4.68 Å². The van der Waals surface area contributed by atoms with E-state index in [0.717, 1.165) is 5.56 Å². The van der Waals surface area contributed by atoms with Gasteiger partial charge in [-0.15, -0.1) is 10.2 Å². The maximum Gasteiger partial charge on any atom is 0.274 e. The van der Waals surface area contributed by atoms with Crippen LogP contribution in [0, 0.1) is 0 Å². The van der Waals surface area contributed by atoms with E-state index >= 15 is 0 Å². The highest BCUT2D eigenvalue weighted by atomic mass is 35.5. The molecule has 6 nitrogen and oxygen atoms in total. The fraction of sp³-hybridized carbons (Fsp3) is 0.0588. The average Bonchev–Trinajstić information content (AvgIpc) is 3.08. The standard InChI is InChI=1S/C17H11ClN4O2/c1-22-17(23)13-8-3-2-7-12(13)14(21-22)16-20-19-15(24-16)10-5-4-6-11(18)9-10/h2-9H,1H3. The zero-order valence-electron chi connectivity index (χ0n) is 12.6. The van der Waals surface area contributed by atoms with Gasteiger partial charge in [-0.2, -0.15) is 5.10 Å². The molecule has 0 saturated carbocycles. The summed E-state index contributed by atoms with van der Waals surface area (Å²) in [5, 5.41) is 14.2. The summed E-state index contributed by atoms with van der Waals surface area (Å²) in [5.41, 5.74) is 1.01. The van der Waals surface area contributed by atoms with Crippen molar-refractivity contribution in [3.63, 3.8) is 0 Å². The molecule has 2 aromatic heterocycles. The van der Waals surface area contributed by atoms with Gasteiger partial charge in [0, 0.05) is 23.0 Å². The predicted octanol–water partition coefficient (Wildman–Crippen LogP) is 3.30. The molecule has 4 rings (SSSR count). The van der Waals surface area contributed by atoms with Gasteiger partial charge in [0.1, 0.15) is 0 Å². The average molecular weight is 339 g/mol. The molecule has 0 aliphatic rings. The normalized spacial score (nSPS) is 11.1. The molecule has 0 aliphatic carbocycles. The first-order chi connectivity index (χ1) is 11.6. The lowest BCUT2D eigenvalue weighted by Crippen LogP contribution is -2.20. The molecule has 0 fully saturated rings. The van der Waals surface area contributed by atoms with Gasteiger partial charge in [-0.3, -0.25) is 4.79 Å². The lowest BCUT2D eigenvalue weighted by atomic mass is 10.1. The van der Waals surface area contributed by atoms with Crippen LogP contribution in [-0.2, 0) is 7.05 Å². The molecule has 7 heteroatoms. The Labute approximate surface area is 141 Å². The maximum atomic E-state index is 12.2. The van der Waals surface area contributed by atoms with Crippen molar-refractivity contribution in [1.82, 2.24) is 20.0 Å². The molecular weight excluding hydrogens is 328 g/mol. The van der Waals surface area contributed by atoms with Crippen molar-refractivity contribution in [3.05, 3.63) is 63.9 Å². The second kappa shape index (κ2) is 5.58.